The Hall–Kier alpha value is -2.50. The van der Waals surface area contributed by atoms with E-state index >= 15 is 0 Å². The fraction of sp³-hybridized carbons (Fsp3) is 0.312. The molecule has 1 aromatic carbocycles. The number of hydrogen-bond acceptors (Lipinski definition) is 4. The number of halogens is 1. The molecule has 1 aliphatic carbocycles. The Balaban J connectivity index is 1.63. The van der Waals surface area contributed by atoms with Gasteiger partial charge in [0, 0.05) is 19.5 Å². The third-order valence-corrected chi connectivity index (χ3v) is 3.92. The van der Waals surface area contributed by atoms with Crippen LogP contribution in [-0.4, -0.2) is 26.9 Å². The summed E-state index contributed by atoms with van der Waals surface area (Å²) in [7, 11) is 1.94. The summed E-state index contributed by atoms with van der Waals surface area (Å²) in [5, 5.41) is 13.0. The molecule has 2 heterocycles. The zero-order valence-electron chi connectivity index (χ0n) is 12.3. The van der Waals surface area contributed by atoms with E-state index in [0.717, 1.165) is 35.7 Å². The molecule has 1 fully saturated rings. The predicted octanol–water partition coefficient (Wildman–Crippen LogP) is 2.78. The number of hydrogen-bond donors (Lipinski definition) is 0. The van der Waals surface area contributed by atoms with Crippen molar-refractivity contribution in [3.63, 3.8) is 0 Å². The highest BCUT2D eigenvalue weighted by atomic mass is 19.1. The van der Waals surface area contributed by atoms with Crippen molar-refractivity contribution in [2.75, 3.05) is 11.9 Å². The molecule has 0 aliphatic heterocycles. The molecular formula is C16H16FN5. The molecule has 5 nitrogen and oxygen atoms in total. The van der Waals surface area contributed by atoms with Gasteiger partial charge in [-0.1, -0.05) is 12.1 Å². The first-order valence-electron chi connectivity index (χ1n) is 7.38. The van der Waals surface area contributed by atoms with Crippen LogP contribution in [0.4, 0.5) is 10.2 Å². The third-order valence-electron chi connectivity index (χ3n) is 3.92. The van der Waals surface area contributed by atoms with Crippen molar-refractivity contribution in [2.45, 2.75) is 25.3 Å². The summed E-state index contributed by atoms with van der Waals surface area (Å²) in [5.74, 6) is 2.03. The molecule has 0 amide bonds. The van der Waals surface area contributed by atoms with Gasteiger partial charge in [-0.25, -0.2) is 4.39 Å². The van der Waals surface area contributed by atoms with Gasteiger partial charge in [0.2, 0.25) is 0 Å². The summed E-state index contributed by atoms with van der Waals surface area (Å²) in [6.45, 7) is 0.594. The molecule has 1 saturated carbocycles. The first kappa shape index (κ1) is 13.2. The highest BCUT2D eigenvalue weighted by molar-refractivity contribution is 5.46. The van der Waals surface area contributed by atoms with Gasteiger partial charge in [-0.05, 0) is 42.7 Å². The van der Waals surface area contributed by atoms with E-state index in [1.54, 1.807) is 12.1 Å². The van der Waals surface area contributed by atoms with Crippen LogP contribution in [0.3, 0.4) is 0 Å². The van der Waals surface area contributed by atoms with E-state index in [4.69, 9.17) is 0 Å². The van der Waals surface area contributed by atoms with Crippen LogP contribution in [0.1, 0.15) is 30.1 Å². The molecule has 2 aromatic heterocycles. The quantitative estimate of drug-likeness (QED) is 0.743. The Labute approximate surface area is 127 Å². The second kappa shape index (κ2) is 5.05. The molecule has 0 radical (unpaired) electrons. The van der Waals surface area contributed by atoms with Crippen molar-refractivity contribution in [3.05, 3.63) is 53.6 Å². The first-order chi connectivity index (χ1) is 10.7. The van der Waals surface area contributed by atoms with Gasteiger partial charge in [0.25, 0.3) is 0 Å². The highest BCUT2D eigenvalue weighted by Gasteiger charge is 2.29. The van der Waals surface area contributed by atoms with Crippen molar-refractivity contribution >= 4 is 11.5 Å². The van der Waals surface area contributed by atoms with E-state index in [-0.39, 0.29) is 5.82 Å². The fourth-order valence-electron chi connectivity index (χ4n) is 2.59. The number of anilines is 1. The monoisotopic (exact) mass is 297 g/mol. The van der Waals surface area contributed by atoms with Crippen LogP contribution in [0, 0.1) is 5.82 Å². The summed E-state index contributed by atoms with van der Waals surface area (Å²) in [6.07, 6.45) is 2.32. The van der Waals surface area contributed by atoms with Gasteiger partial charge in [0.05, 0.1) is 0 Å². The second-order valence-electron chi connectivity index (χ2n) is 5.78. The Bertz CT molecular complexity index is 824. The van der Waals surface area contributed by atoms with Crippen LogP contribution >= 0.6 is 0 Å². The number of benzene rings is 1. The summed E-state index contributed by atoms with van der Waals surface area (Å²) >= 11 is 0. The maximum absolute atomic E-state index is 13.3. The van der Waals surface area contributed by atoms with Crippen LogP contribution in [0.15, 0.2) is 36.4 Å². The molecule has 0 unspecified atom stereocenters. The standard InChI is InChI=1S/C16H16FN5/c1-21(10-11-3-2-4-13(17)9-11)15-8-7-14-18-19-16(12-5-6-12)22(14)20-15/h2-4,7-9,12H,5-6,10H2,1H3. The molecule has 0 saturated heterocycles. The smallest absolute Gasteiger partial charge is 0.178 e. The molecule has 0 atom stereocenters. The molecule has 1 aliphatic rings. The van der Waals surface area contributed by atoms with Crippen molar-refractivity contribution in [2.24, 2.45) is 0 Å². The van der Waals surface area contributed by atoms with E-state index in [9.17, 15) is 4.39 Å². The minimum absolute atomic E-state index is 0.218. The van der Waals surface area contributed by atoms with Crippen LogP contribution in [0.2, 0.25) is 0 Å². The van der Waals surface area contributed by atoms with Gasteiger partial charge in [-0.3, -0.25) is 0 Å². The Morgan fingerprint density at radius 2 is 2.09 bits per heavy atom. The van der Waals surface area contributed by atoms with Crippen molar-refractivity contribution < 1.29 is 4.39 Å². The van der Waals surface area contributed by atoms with E-state index in [1.165, 1.54) is 6.07 Å². The second-order valence-corrected chi connectivity index (χ2v) is 5.78. The molecule has 112 valence electrons. The topological polar surface area (TPSA) is 46.3 Å². The summed E-state index contributed by atoms with van der Waals surface area (Å²) in [4.78, 5) is 1.99. The number of aromatic nitrogens is 4. The molecule has 0 N–H and O–H groups in total. The van der Waals surface area contributed by atoms with Crippen LogP contribution in [0.25, 0.3) is 5.65 Å². The average Bonchev–Trinajstić information content (AvgIpc) is 3.26. The fourth-order valence-corrected chi connectivity index (χ4v) is 2.59. The maximum atomic E-state index is 13.3. The maximum Gasteiger partial charge on any atom is 0.178 e. The van der Waals surface area contributed by atoms with Crippen LogP contribution in [-0.2, 0) is 6.54 Å². The zero-order valence-corrected chi connectivity index (χ0v) is 12.3. The molecule has 6 heteroatoms. The SMILES string of the molecule is CN(Cc1cccc(F)c1)c1ccc2nnc(C3CC3)n2n1. The van der Waals surface area contributed by atoms with Crippen molar-refractivity contribution in [1.29, 1.82) is 0 Å². The lowest BCUT2D eigenvalue weighted by Gasteiger charge is -2.18. The summed E-state index contributed by atoms with van der Waals surface area (Å²) < 4.78 is 15.1. The van der Waals surface area contributed by atoms with Crippen LogP contribution < -0.4 is 4.90 Å². The van der Waals surface area contributed by atoms with Gasteiger partial charge in [-0.15, -0.1) is 15.3 Å². The highest BCUT2D eigenvalue weighted by Crippen LogP contribution is 2.38. The molecular weight excluding hydrogens is 281 g/mol. The van der Waals surface area contributed by atoms with E-state index < -0.39 is 0 Å². The molecule has 22 heavy (non-hydrogen) atoms. The summed E-state index contributed by atoms with van der Waals surface area (Å²) in [6, 6.07) is 10.5. The Morgan fingerprint density at radius 3 is 2.86 bits per heavy atom. The van der Waals surface area contributed by atoms with Crippen LogP contribution in [0.5, 0.6) is 0 Å². The van der Waals surface area contributed by atoms with Gasteiger partial charge >= 0.3 is 0 Å². The lowest BCUT2D eigenvalue weighted by atomic mass is 10.2. The van der Waals surface area contributed by atoms with E-state index in [2.05, 4.69) is 15.3 Å². The van der Waals surface area contributed by atoms with Gasteiger partial charge in [0.15, 0.2) is 11.5 Å². The Morgan fingerprint density at radius 1 is 1.23 bits per heavy atom. The minimum Gasteiger partial charge on any atom is -0.354 e. The van der Waals surface area contributed by atoms with Crippen molar-refractivity contribution in [1.82, 2.24) is 19.8 Å². The Kier molecular flexibility index (Phi) is 3.03. The number of fused-ring (bicyclic) bond motifs is 1. The predicted molar refractivity (Wildman–Crippen MR) is 81.3 cm³/mol. The minimum atomic E-state index is -0.218. The molecule has 4 rings (SSSR count). The zero-order chi connectivity index (χ0) is 15.1. The normalized spacial score (nSPS) is 14.5. The van der Waals surface area contributed by atoms with E-state index in [1.807, 2.05) is 34.7 Å². The first-order valence-corrected chi connectivity index (χ1v) is 7.38. The lowest BCUT2D eigenvalue weighted by Crippen LogP contribution is -2.19. The third kappa shape index (κ3) is 2.41. The van der Waals surface area contributed by atoms with Gasteiger partial charge < -0.3 is 4.90 Å². The lowest BCUT2D eigenvalue weighted by molar-refractivity contribution is 0.625. The molecule has 0 spiro atoms. The van der Waals surface area contributed by atoms with Crippen molar-refractivity contribution in [3.8, 4) is 0 Å². The number of rotatable bonds is 4. The largest absolute Gasteiger partial charge is 0.354 e. The summed E-state index contributed by atoms with van der Waals surface area (Å²) in [5.41, 5.74) is 1.68. The van der Waals surface area contributed by atoms with Gasteiger partial charge in [-0.2, -0.15) is 4.52 Å². The molecule has 3 aromatic rings. The average molecular weight is 297 g/mol. The number of nitrogens with zero attached hydrogens (tertiary/aromatic N) is 5. The van der Waals surface area contributed by atoms with Gasteiger partial charge in [0.1, 0.15) is 11.6 Å². The molecule has 0 bridgehead atoms. The van der Waals surface area contributed by atoms with E-state index in [0.29, 0.717) is 12.5 Å².